The number of anilines is 1. The van der Waals surface area contributed by atoms with Crippen LogP contribution in [-0.4, -0.2) is 36.1 Å². The zero-order chi connectivity index (χ0) is 22.6. The van der Waals surface area contributed by atoms with Gasteiger partial charge in [0.15, 0.2) is 0 Å². The number of nitrogens with one attached hydrogen (secondary N) is 1. The summed E-state index contributed by atoms with van der Waals surface area (Å²) in [7, 11) is -1.96. The lowest BCUT2D eigenvalue weighted by Crippen LogP contribution is -2.26. The van der Waals surface area contributed by atoms with E-state index < -0.39 is 10.0 Å². The van der Waals surface area contributed by atoms with Crippen molar-refractivity contribution in [2.24, 2.45) is 0 Å². The first-order valence-electron chi connectivity index (χ1n) is 9.88. The Kier molecular flexibility index (Phi) is 6.38. The van der Waals surface area contributed by atoms with Gasteiger partial charge in [-0.3, -0.25) is 14.2 Å². The van der Waals surface area contributed by atoms with Crippen LogP contribution in [0, 0.1) is 0 Å². The van der Waals surface area contributed by atoms with E-state index in [0.29, 0.717) is 24.3 Å². The minimum atomic E-state index is -3.67. The molecule has 9 heteroatoms. The normalized spacial score (nSPS) is 11.3. The Labute approximate surface area is 191 Å². The number of nitrogens with zero attached hydrogens (tertiary/aromatic N) is 3. The van der Waals surface area contributed by atoms with E-state index in [2.05, 4.69) is 9.82 Å². The van der Waals surface area contributed by atoms with Crippen LogP contribution >= 0.6 is 11.3 Å². The summed E-state index contributed by atoms with van der Waals surface area (Å²) in [4.78, 5) is 14.5. The standard InChI is InChI=1S/C23H22N4O3S2/c1-26(15-19-14-24-27(17-19)16-18-7-3-2-4-8-18)23(28)20-9-5-10-21(13-20)25-32(29,30)22-11-6-12-31-22/h2-14,17,25H,15-16H2,1H3. The van der Waals surface area contributed by atoms with E-state index in [1.807, 2.05) is 41.2 Å². The molecule has 0 aliphatic heterocycles. The van der Waals surface area contributed by atoms with Gasteiger partial charge in [0, 0.05) is 36.6 Å². The maximum absolute atomic E-state index is 12.9. The van der Waals surface area contributed by atoms with E-state index in [0.717, 1.165) is 22.5 Å². The third-order valence-electron chi connectivity index (χ3n) is 4.76. The fraction of sp³-hybridized carbons (Fsp3) is 0.130. The average molecular weight is 467 g/mol. The highest BCUT2D eigenvalue weighted by Gasteiger charge is 2.17. The number of sulfonamides is 1. The Morgan fingerprint density at radius 2 is 1.88 bits per heavy atom. The largest absolute Gasteiger partial charge is 0.337 e. The van der Waals surface area contributed by atoms with Gasteiger partial charge < -0.3 is 4.90 Å². The molecular weight excluding hydrogens is 444 g/mol. The quantitative estimate of drug-likeness (QED) is 0.424. The van der Waals surface area contributed by atoms with Gasteiger partial charge in [-0.15, -0.1) is 11.3 Å². The lowest BCUT2D eigenvalue weighted by molar-refractivity contribution is 0.0785. The summed E-state index contributed by atoms with van der Waals surface area (Å²) < 4.78 is 29.5. The zero-order valence-corrected chi connectivity index (χ0v) is 19.0. The van der Waals surface area contributed by atoms with E-state index in [9.17, 15) is 13.2 Å². The number of carbonyl (C=O) groups excluding carboxylic acids is 1. The molecule has 0 bridgehead atoms. The molecule has 1 N–H and O–H groups in total. The first kappa shape index (κ1) is 21.8. The van der Waals surface area contributed by atoms with Crippen molar-refractivity contribution in [2.45, 2.75) is 17.3 Å². The molecular formula is C23H22N4O3S2. The molecule has 2 aromatic carbocycles. The van der Waals surface area contributed by atoms with Gasteiger partial charge in [0.25, 0.3) is 15.9 Å². The summed E-state index contributed by atoms with van der Waals surface area (Å²) in [5.41, 5.74) is 2.80. The minimum absolute atomic E-state index is 0.210. The molecule has 0 fully saturated rings. The molecule has 0 spiro atoms. The smallest absolute Gasteiger partial charge is 0.271 e. The summed E-state index contributed by atoms with van der Waals surface area (Å²) in [6.07, 6.45) is 3.67. The Balaban J connectivity index is 1.41. The molecule has 2 heterocycles. The molecule has 164 valence electrons. The van der Waals surface area contributed by atoms with Crippen molar-refractivity contribution in [1.29, 1.82) is 0 Å². The highest BCUT2D eigenvalue weighted by Crippen LogP contribution is 2.21. The zero-order valence-electron chi connectivity index (χ0n) is 17.4. The van der Waals surface area contributed by atoms with E-state index in [1.54, 1.807) is 53.9 Å². The van der Waals surface area contributed by atoms with Crippen molar-refractivity contribution < 1.29 is 13.2 Å². The van der Waals surface area contributed by atoms with Crippen LogP contribution in [0.5, 0.6) is 0 Å². The van der Waals surface area contributed by atoms with Gasteiger partial charge >= 0.3 is 0 Å². The van der Waals surface area contributed by atoms with Gasteiger partial charge in [0.2, 0.25) is 0 Å². The molecule has 7 nitrogen and oxygen atoms in total. The summed E-state index contributed by atoms with van der Waals surface area (Å²) in [5.74, 6) is -0.210. The lowest BCUT2D eigenvalue weighted by Gasteiger charge is -2.17. The number of benzene rings is 2. The van der Waals surface area contributed by atoms with Crippen molar-refractivity contribution >= 4 is 33.0 Å². The van der Waals surface area contributed by atoms with Crippen LogP contribution in [0.4, 0.5) is 5.69 Å². The van der Waals surface area contributed by atoms with E-state index in [4.69, 9.17) is 0 Å². The Bertz CT molecular complexity index is 1300. The highest BCUT2D eigenvalue weighted by molar-refractivity contribution is 7.94. The van der Waals surface area contributed by atoms with Gasteiger partial charge in [-0.1, -0.05) is 42.5 Å². The topological polar surface area (TPSA) is 84.3 Å². The van der Waals surface area contributed by atoms with Crippen LogP contribution in [0.15, 0.2) is 88.7 Å². The average Bonchev–Trinajstić information content (AvgIpc) is 3.47. The molecule has 0 atom stereocenters. The van der Waals surface area contributed by atoms with E-state index >= 15 is 0 Å². The number of carbonyl (C=O) groups is 1. The first-order chi connectivity index (χ1) is 15.4. The highest BCUT2D eigenvalue weighted by atomic mass is 32.2. The van der Waals surface area contributed by atoms with Crippen LogP contribution in [0.25, 0.3) is 0 Å². The maximum atomic E-state index is 12.9. The van der Waals surface area contributed by atoms with Crippen LogP contribution in [0.1, 0.15) is 21.5 Å². The second-order valence-corrected chi connectivity index (χ2v) is 10.2. The second-order valence-electron chi connectivity index (χ2n) is 7.31. The number of hydrogen-bond donors (Lipinski definition) is 1. The van der Waals surface area contributed by atoms with E-state index in [-0.39, 0.29) is 10.1 Å². The van der Waals surface area contributed by atoms with Crippen LogP contribution in [0.3, 0.4) is 0 Å². The summed E-state index contributed by atoms with van der Waals surface area (Å²) in [5, 5.41) is 6.08. The van der Waals surface area contributed by atoms with Gasteiger partial charge in [0.05, 0.1) is 12.7 Å². The number of hydrogen-bond acceptors (Lipinski definition) is 5. The van der Waals surface area contributed by atoms with Gasteiger partial charge in [-0.2, -0.15) is 5.10 Å². The molecule has 4 rings (SSSR count). The third kappa shape index (κ3) is 5.24. The van der Waals surface area contributed by atoms with Crippen LogP contribution < -0.4 is 4.72 Å². The number of amides is 1. The number of thiophene rings is 1. The monoisotopic (exact) mass is 466 g/mol. The van der Waals surface area contributed by atoms with Gasteiger partial charge in [-0.25, -0.2) is 8.42 Å². The third-order valence-corrected chi connectivity index (χ3v) is 7.54. The second kappa shape index (κ2) is 9.37. The Hall–Kier alpha value is -3.43. The fourth-order valence-electron chi connectivity index (χ4n) is 3.25. The summed E-state index contributed by atoms with van der Waals surface area (Å²) >= 11 is 1.13. The molecule has 4 aromatic rings. The lowest BCUT2D eigenvalue weighted by atomic mass is 10.1. The van der Waals surface area contributed by atoms with Gasteiger partial charge in [-0.05, 0) is 35.2 Å². The molecule has 1 amide bonds. The molecule has 0 radical (unpaired) electrons. The number of rotatable bonds is 8. The number of aromatic nitrogens is 2. The maximum Gasteiger partial charge on any atom is 0.271 e. The molecule has 0 unspecified atom stereocenters. The van der Waals surface area contributed by atoms with E-state index in [1.165, 1.54) is 6.07 Å². The Morgan fingerprint density at radius 1 is 1.06 bits per heavy atom. The summed E-state index contributed by atoms with van der Waals surface area (Å²) in [6.45, 7) is 1.05. The van der Waals surface area contributed by atoms with Crippen molar-refractivity contribution in [2.75, 3.05) is 11.8 Å². The minimum Gasteiger partial charge on any atom is -0.337 e. The summed E-state index contributed by atoms with van der Waals surface area (Å²) in [6, 6.07) is 19.7. The van der Waals surface area contributed by atoms with Crippen molar-refractivity contribution in [1.82, 2.24) is 14.7 Å². The predicted molar refractivity (Wildman–Crippen MR) is 125 cm³/mol. The van der Waals surface area contributed by atoms with Crippen molar-refractivity contribution in [3.8, 4) is 0 Å². The van der Waals surface area contributed by atoms with Crippen LogP contribution in [0.2, 0.25) is 0 Å². The molecule has 0 saturated carbocycles. The SMILES string of the molecule is CN(Cc1cnn(Cc2ccccc2)c1)C(=O)c1cccc(NS(=O)(=O)c2cccs2)c1. The van der Waals surface area contributed by atoms with Crippen molar-refractivity contribution in [3.05, 3.63) is 101 Å². The predicted octanol–water partition coefficient (Wildman–Crippen LogP) is 4.07. The van der Waals surface area contributed by atoms with Crippen LogP contribution in [-0.2, 0) is 23.1 Å². The first-order valence-corrected chi connectivity index (χ1v) is 12.2. The molecule has 2 aromatic heterocycles. The van der Waals surface area contributed by atoms with Gasteiger partial charge in [0.1, 0.15) is 4.21 Å². The Morgan fingerprint density at radius 3 is 2.62 bits per heavy atom. The molecule has 32 heavy (non-hydrogen) atoms. The molecule has 0 aliphatic rings. The fourth-order valence-corrected chi connectivity index (χ4v) is 5.29. The molecule has 0 saturated heterocycles. The molecule has 0 aliphatic carbocycles. The van der Waals surface area contributed by atoms with Crippen molar-refractivity contribution in [3.63, 3.8) is 0 Å².